The van der Waals surface area contributed by atoms with Gasteiger partial charge in [-0.05, 0) is 35.2 Å². The number of thioether (sulfide) groups is 1. The lowest BCUT2D eigenvalue weighted by molar-refractivity contribution is -0.384. The number of ether oxygens (including phenoxy) is 1. The van der Waals surface area contributed by atoms with Crippen LogP contribution in [0, 0.1) is 10.1 Å². The highest BCUT2D eigenvalue weighted by Gasteiger charge is 2.19. The van der Waals surface area contributed by atoms with Crippen molar-refractivity contribution in [2.45, 2.75) is 37.9 Å². The molecule has 1 heterocycles. The van der Waals surface area contributed by atoms with E-state index in [4.69, 9.17) is 4.74 Å². The van der Waals surface area contributed by atoms with Crippen LogP contribution in [0.1, 0.15) is 42.5 Å². The Morgan fingerprint density at radius 1 is 1.00 bits per heavy atom. The predicted octanol–water partition coefficient (Wildman–Crippen LogP) is 6.03. The molecule has 4 rings (SSSR count). The summed E-state index contributed by atoms with van der Waals surface area (Å²) in [5, 5.41) is 20.3. The van der Waals surface area contributed by atoms with Crippen LogP contribution in [-0.2, 0) is 12.0 Å². The van der Waals surface area contributed by atoms with Crippen LogP contribution in [0.4, 0.5) is 5.69 Å². The van der Waals surface area contributed by atoms with Gasteiger partial charge in [0.15, 0.2) is 16.8 Å². The molecule has 8 nitrogen and oxygen atoms in total. The van der Waals surface area contributed by atoms with Gasteiger partial charge in [-0.15, -0.1) is 10.2 Å². The number of Topliss-reactive ketones (excluding diaryl/α,β-unsaturated/α-hetero) is 1. The number of benzene rings is 3. The molecule has 4 aromatic rings. The second-order valence-corrected chi connectivity index (χ2v) is 10.1. The van der Waals surface area contributed by atoms with Gasteiger partial charge in [-0.3, -0.25) is 19.5 Å². The van der Waals surface area contributed by atoms with Gasteiger partial charge in [0.05, 0.1) is 10.7 Å². The van der Waals surface area contributed by atoms with E-state index in [0.717, 1.165) is 5.69 Å². The molecule has 0 atom stereocenters. The first-order valence-electron chi connectivity index (χ1n) is 11.4. The Hall–Kier alpha value is -3.98. The summed E-state index contributed by atoms with van der Waals surface area (Å²) in [4.78, 5) is 23.3. The Balaban J connectivity index is 1.59. The molecule has 0 bridgehead atoms. The second kappa shape index (κ2) is 10.7. The minimum Gasteiger partial charge on any atom is -0.486 e. The monoisotopic (exact) mass is 502 g/mol. The molecule has 0 saturated carbocycles. The molecule has 0 aliphatic rings. The van der Waals surface area contributed by atoms with Gasteiger partial charge in [0, 0.05) is 23.4 Å². The number of hydrogen-bond donors (Lipinski definition) is 0. The number of rotatable bonds is 9. The zero-order valence-electron chi connectivity index (χ0n) is 20.2. The minimum absolute atomic E-state index is 0.00720. The molecule has 0 N–H and O–H groups in total. The quantitative estimate of drug-likeness (QED) is 0.119. The lowest BCUT2D eigenvalue weighted by atomic mass is 9.87. The van der Waals surface area contributed by atoms with Crippen LogP contribution < -0.4 is 4.74 Å². The molecule has 0 amide bonds. The van der Waals surface area contributed by atoms with Gasteiger partial charge in [0.2, 0.25) is 0 Å². The third kappa shape index (κ3) is 5.98. The van der Waals surface area contributed by atoms with E-state index >= 15 is 0 Å². The second-order valence-electron chi connectivity index (χ2n) is 9.15. The van der Waals surface area contributed by atoms with E-state index in [2.05, 4.69) is 43.1 Å². The van der Waals surface area contributed by atoms with E-state index in [9.17, 15) is 14.9 Å². The minimum atomic E-state index is -0.513. The first-order chi connectivity index (χ1) is 17.2. The first kappa shape index (κ1) is 25.1. The maximum atomic E-state index is 12.8. The summed E-state index contributed by atoms with van der Waals surface area (Å²) in [7, 11) is 0. The number of aromatic nitrogens is 3. The van der Waals surface area contributed by atoms with E-state index in [1.165, 1.54) is 35.5 Å². The number of nitrogens with zero attached hydrogens (tertiary/aromatic N) is 4. The fourth-order valence-electron chi connectivity index (χ4n) is 3.53. The maximum absolute atomic E-state index is 12.8. The SMILES string of the molecule is CC(C)(C)c1ccc(-n2c(COc3ccccc3)nnc2SCC(=O)c2cccc([N+](=O)[O-])c2)cc1. The van der Waals surface area contributed by atoms with Crippen LogP contribution >= 0.6 is 11.8 Å². The Kier molecular flexibility index (Phi) is 7.49. The molecule has 36 heavy (non-hydrogen) atoms. The topological polar surface area (TPSA) is 100 Å². The van der Waals surface area contributed by atoms with Crippen LogP contribution in [0.5, 0.6) is 5.75 Å². The van der Waals surface area contributed by atoms with Crippen LogP contribution in [0.25, 0.3) is 5.69 Å². The van der Waals surface area contributed by atoms with Crippen molar-refractivity contribution in [3.05, 3.63) is 106 Å². The summed E-state index contributed by atoms with van der Waals surface area (Å²) in [6.07, 6.45) is 0. The number of carbonyl (C=O) groups excluding carboxylic acids is 1. The van der Waals surface area contributed by atoms with E-state index < -0.39 is 4.92 Å². The Morgan fingerprint density at radius 2 is 1.72 bits per heavy atom. The number of ketones is 1. The van der Waals surface area contributed by atoms with Gasteiger partial charge in [-0.1, -0.05) is 75.0 Å². The molecule has 0 saturated heterocycles. The summed E-state index contributed by atoms with van der Waals surface area (Å²) < 4.78 is 7.79. The van der Waals surface area contributed by atoms with Crippen molar-refractivity contribution < 1.29 is 14.5 Å². The van der Waals surface area contributed by atoms with Gasteiger partial charge in [0.25, 0.3) is 5.69 Å². The highest BCUT2D eigenvalue weighted by Crippen LogP contribution is 2.27. The summed E-state index contributed by atoms with van der Waals surface area (Å²) in [5.41, 5.74) is 2.22. The third-order valence-electron chi connectivity index (χ3n) is 5.51. The van der Waals surface area contributed by atoms with Crippen molar-refractivity contribution in [2.75, 3.05) is 5.75 Å². The lowest BCUT2D eigenvalue weighted by Crippen LogP contribution is -2.12. The molecule has 0 radical (unpaired) electrons. The van der Waals surface area contributed by atoms with Crippen LogP contribution in [0.3, 0.4) is 0 Å². The standard InChI is InChI=1S/C27H26N4O4S/c1-27(2,3)20-12-14-21(15-13-20)30-25(17-35-23-10-5-4-6-11-23)28-29-26(30)36-18-24(32)19-8-7-9-22(16-19)31(33)34/h4-16H,17-18H2,1-3H3. The van der Waals surface area contributed by atoms with Crippen LogP contribution in [0.2, 0.25) is 0 Å². The first-order valence-corrected chi connectivity index (χ1v) is 12.3. The zero-order valence-corrected chi connectivity index (χ0v) is 21.1. The third-order valence-corrected chi connectivity index (χ3v) is 6.44. The Labute approximate surface area is 213 Å². The van der Waals surface area contributed by atoms with E-state index in [0.29, 0.717) is 16.7 Å². The number of nitro benzene ring substituents is 1. The number of hydrogen-bond acceptors (Lipinski definition) is 7. The highest BCUT2D eigenvalue weighted by molar-refractivity contribution is 7.99. The van der Waals surface area contributed by atoms with Gasteiger partial charge in [0.1, 0.15) is 12.4 Å². The molecule has 0 spiro atoms. The summed E-state index contributed by atoms with van der Waals surface area (Å²) in [6.45, 7) is 6.65. The maximum Gasteiger partial charge on any atom is 0.270 e. The molecule has 0 unspecified atom stereocenters. The highest BCUT2D eigenvalue weighted by atomic mass is 32.2. The summed E-state index contributed by atoms with van der Waals surface area (Å²) in [5.74, 6) is 1.13. The van der Waals surface area contributed by atoms with Crippen molar-refractivity contribution in [3.8, 4) is 11.4 Å². The average molecular weight is 503 g/mol. The lowest BCUT2D eigenvalue weighted by Gasteiger charge is -2.19. The van der Waals surface area contributed by atoms with Gasteiger partial charge >= 0.3 is 0 Å². The zero-order chi connectivity index (χ0) is 25.7. The van der Waals surface area contributed by atoms with Crippen molar-refractivity contribution in [1.82, 2.24) is 14.8 Å². The molecule has 184 valence electrons. The molecule has 3 aromatic carbocycles. The van der Waals surface area contributed by atoms with Crippen molar-refractivity contribution in [1.29, 1.82) is 0 Å². The van der Waals surface area contributed by atoms with E-state index in [1.807, 2.05) is 47.0 Å². The number of para-hydroxylation sites is 1. The molecule has 0 aliphatic carbocycles. The van der Waals surface area contributed by atoms with Crippen LogP contribution in [0.15, 0.2) is 84.0 Å². The van der Waals surface area contributed by atoms with E-state index in [-0.39, 0.29) is 34.8 Å². The number of nitro groups is 1. The van der Waals surface area contributed by atoms with Gasteiger partial charge in [-0.2, -0.15) is 0 Å². The number of carbonyl (C=O) groups is 1. The molecular formula is C27H26N4O4S. The smallest absolute Gasteiger partial charge is 0.270 e. The normalized spacial score (nSPS) is 11.3. The molecule has 0 aliphatic heterocycles. The van der Waals surface area contributed by atoms with Gasteiger partial charge in [-0.25, -0.2) is 0 Å². The van der Waals surface area contributed by atoms with Crippen molar-refractivity contribution >= 4 is 23.2 Å². The largest absolute Gasteiger partial charge is 0.486 e. The Bertz CT molecular complexity index is 1360. The average Bonchev–Trinajstić information content (AvgIpc) is 3.29. The van der Waals surface area contributed by atoms with Crippen LogP contribution in [-0.4, -0.2) is 31.2 Å². The predicted molar refractivity (Wildman–Crippen MR) is 139 cm³/mol. The Morgan fingerprint density at radius 3 is 2.39 bits per heavy atom. The summed E-state index contributed by atoms with van der Waals surface area (Å²) >= 11 is 1.23. The number of non-ortho nitro benzene ring substituents is 1. The van der Waals surface area contributed by atoms with Crippen molar-refractivity contribution in [3.63, 3.8) is 0 Å². The van der Waals surface area contributed by atoms with E-state index in [1.54, 1.807) is 6.07 Å². The molecular weight excluding hydrogens is 476 g/mol. The van der Waals surface area contributed by atoms with Crippen molar-refractivity contribution in [2.24, 2.45) is 0 Å². The molecule has 9 heteroatoms. The fraction of sp³-hybridized carbons (Fsp3) is 0.222. The summed E-state index contributed by atoms with van der Waals surface area (Å²) in [6, 6.07) is 23.3. The molecule has 1 aromatic heterocycles. The fourth-order valence-corrected chi connectivity index (χ4v) is 4.39. The molecule has 0 fully saturated rings. The van der Waals surface area contributed by atoms with Gasteiger partial charge < -0.3 is 4.74 Å².